The molecule has 3 aromatic carbocycles. The number of carbonyl (C=O) groups is 1. The van der Waals surface area contributed by atoms with E-state index in [4.69, 9.17) is 18.9 Å². The average molecular weight is 571 g/mol. The Morgan fingerprint density at radius 2 is 1.73 bits per heavy atom. The van der Waals surface area contributed by atoms with E-state index < -0.39 is 12.0 Å². The minimum absolute atomic E-state index is 0.188. The Morgan fingerprint density at radius 1 is 1.00 bits per heavy atom. The molecule has 0 saturated heterocycles. The van der Waals surface area contributed by atoms with Gasteiger partial charge in [0.25, 0.3) is 5.56 Å². The summed E-state index contributed by atoms with van der Waals surface area (Å²) in [5, 5.41) is 0. The van der Waals surface area contributed by atoms with Crippen molar-refractivity contribution >= 4 is 23.4 Å². The summed E-state index contributed by atoms with van der Waals surface area (Å²) in [5.41, 5.74) is 2.99. The van der Waals surface area contributed by atoms with E-state index in [1.165, 1.54) is 15.9 Å². The Balaban J connectivity index is 1.56. The summed E-state index contributed by atoms with van der Waals surface area (Å²) in [6.07, 6.45) is 1.81. The van der Waals surface area contributed by atoms with Gasteiger partial charge in [-0.3, -0.25) is 9.36 Å². The maximum atomic E-state index is 13.9. The third-order valence-electron chi connectivity index (χ3n) is 6.67. The fourth-order valence-electron chi connectivity index (χ4n) is 4.69. The number of esters is 1. The molecule has 5 rings (SSSR count). The van der Waals surface area contributed by atoms with E-state index in [-0.39, 0.29) is 17.7 Å². The van der Waals surface area contributed by atoms with Crippen molar-refractivity contribution in [1.29, 1.82) is 0 Å². The highest BCUT2D eigenvalue weighted by atomic mass is 32.1. The number of nitrogens with zero attached hydrogens (tertiary/aromatic N) is 2. The fraction of sp³-hybridized carbons (Fsp3) is 0.219. The smallest absolute Gasteiger partial charge is 0.338 e. The predicted molar refractivity (Wildman–Crippen MR) is 157 cm³/mol. The van der Waals surface area contributed by atoms with Crippen molar-refractivity contribution < 1.29 is 23.7 Å². The van der Waals surface area contributed by atoms with E-state index in [9.17, 15) is 9.59 Å². The third-order valence-corrected chi connectivity index (χ3v) is 7.66. The minimum atomic E-state index is -0.814. The van der Waals surface area contributed by atoms with Gasteiger partial charge in [0.05, 0.1) is 36.6 Å². The first-order valence-corrected chi connectivity index (χ1v) is 13.9. The number of hydrogen-bond acceptors (Lipinski definition) is 8. The summed E-state index contributed by atoms with van der Waals surface area (Å²) in [7, 11) is 3.10. The van der Waals surface area contributed by atoms with Crippen LogP contribution < -0.4 is 29.1 Å². The van der Waals surface area contributed by atoms with Gasteiger partial charge in [-0.15, -0.1) is 0 Å². The van der Waals surface area contributed by atoms with Gasteiger partial charge in [-0.2, -0.15) is 0 Å². The minimum Gasteiger partial charge on any atom is -0.497 e. The molecule has 0 bridgehead atoms. The number of allylic oxidation sites excluding steroid dienone is 1. The van der Waals surface area contributed by atoms with Crippen molar-refractivity contribution in [3.05, 3.63) is 120 Å². The van der Waals surface area contributed by atoms with E-state index in [1.807, 2.05) is 60.7 Å². The van der Waals surface area contributed by atoms with Gasteiger partial charge in [-0.1, -0.05) is 53.8 Å². The molecule has 0 N–H and O–H groups in total. The number of aromatic nitrogens is 1. The van der Waals surface area contributed by atoms with Gasteiger partial charge in [-0.25, -0.2) is 9.79 Å². The zero-order valence-corrected chi connectivity index (χ0v) is 24.1. The maximum Gasteiger partial charge on any atom is 0.338 e. The molecule has 9 heteroatoms. The number of benzene rings is 3. The number of ether oxygens (including phenoxy) is 4. The zero-order valence-electron chi connectivity index (χ0n) is 23.2. The lowest BCUT2D eigenvalue weighted by molar-refractivity contribution is -0.139. The predicted octanol–water partition coefficient (Wildman–Crippen LogP) is 4.39. The second-order valence-electron chi connectivity index (χ2n) is 9.25. The van der Waals surface area contributed by atoms with Crippen LogP contribution in [0.2, 0.25) is 0 Å². The van der Waals surface area contributed by atoms with Crippen molar-refractivity contribution in [2.45, 2.75) is 26.5 Å². The van der Waals surface area contributed by atoms with Gasteiger partial charge in [0, 0.05) is 5.56 Å². The normalized spacial score (nSPS) is 14.7. The van der Waals surface area contributed by atoms with Crippen LogP contribution in [0.15, 0.2) is 93.9 Å². The molecule has 0 aliphatic carbocycles. The maximum absolute atomic E-state index is 13.9. The highest BCUT2D eigenvalue weighted by molar-refractivity contribution is 7.07. The molecule has 8 nitrogen and oxygen atoms in total. The van der Waals surface area contributed by atoms with Gasteiger partial charge in [0.1, 0.15) is 29.9 Å². The summed E-state index contributed by atoms with van der Waals surface area (Å²) in [6, 6.07) is 22.0. The molecular formula is C32H30N2O6S. The SMILES string of the molecule is CCOC(=O)C1=C(C)N=c2s/c(=C\c3ccc(OCc4ccccc4)cc3)c(=O)n2C1c1cc(OC)ccc1OC. The van der Waals surface area contributed by atoms with Crippen molar-refractivity contribution in [3.8, 4) is 17.2 Å². The standard InChI is InChI=1S/C32H30N2O6S/c1-5-39-31(36)28-20(2)33-32-34(29(28)25-18-24(37-3)15-16-26(25)38-4)30(35)27(41-32)17-21-11-13-23(14-12-21)40-19-22-9-7-6-8-10-22/h6-18,29H,5,19H2,1-4H3/b27-17-. The lowest BCUT2D eigenvalue weighted by Gasteiger charge is -2.26. The van der Waals surface area contributed by atoms with Crippen LogP contribution in [0.5, 0.6) is 17.2 Å². The van der Waals surface area contributed by atoms with Crippen molar-refractivity contribution in [2.75, 3.05) is 20.8 Å². The van der Waals surface area contributed by atoms with Crippen LogP contribution in [0, 0.1) is 0 Å². The first-order chi connectivity index (χ1) is 19.9. The zero-order chi connectivity index (χ0) is 28.9. The quantitative estimate of drug-likeness (QED) is 0.277. The van der Waals surface area contributed by atoms with E-state index in [1.54, 1.807) is 46.3 Å². The van der Waals surface area contributed by atoms with Crippen molar-refractivity contribution in [1.82, 2.24) is 4.57 Å². The van der Waals surface area contributed by atoms with Gasteiger partial charge < -0.3 is 18.9 Å². The molecule has 0 spiro atoms. The molecule has 0 fully saturated rings. The van der Waals surface area contributed by atoms with Gasteiger partial charge in [0.2, 0.25) is 0 Å². The summed E-state index contributed by atoms with van der Waals surface area (Å²) >= 11 is 1.26. The first kappa shape index (κ1) is 27.9. The van der Waals surface area contributed by atoms with Gasteiger partial charge in [0.15, 0.2) is 4.80 Å². The third kappa shape index (κ3) is 5.81. The first-order valence-electron chi connectivity index (χ1n) is 13.1. The van der Waals surface area contributed by atoms with Crippen LogP contribution in [0.3, 0.4) is 0 Å². The number of hydrogen-bond donors (Lipinski definition) is 0. The van der Waals surface area contributed by atoms with Crippen LogP contribution in [-0.2, 0) is 16.1 Å². The van der Waals surface area contributed by atoms with E-state index in [0.717, 1.165) is 16.9 Å². The van der Waals surface area contributed by atoms with Crippen LogP contribution in [0.4, 0.5) is 0 Å². The summed E-state index contributed by atoms with van der Waals surface area (Å²) in [5.74, 6) is 1.26. The Bertz CT molecular complexity index is 1770. The Labute approximate surface area is 241 Å². The lowest BCUT2D eigenvalue weighted by Crippen LogP contribution is -2.40. The molecule has 0 amide bonds. The fourth-order valence-corrected chi connectivity index (χ4v) is 5.74. The van der Waals surface area contributed by atoms with E-state index in [0.29, 0.717) is 38.7 Å². The lowest BCUT2D eigenvalue weighted by atomic mass is 9.94. The molecule has 1 aromatic heterocycles. The molecule has 1 aliphatic heterocycles. The average Bonchev–Trinajstić information content (AvgIpc) is 3.30. The molecule has 210 valence electrons. The van der Waals surface area contributed by atoms with Crippen LogP contribution >= 0.6 is 11.3 Å². The molecule has 1 unspecified atom stereocenters. The number of methoxy groups -OCH3 is 2. The Morgan fingerprint density at radius 3 is 2.41 bits per heavy atom. The molecule has 1 aliphatic rings. The number of carbonyl (C=O) groups excluding carboxylic acids is 1. The van der Waals surface area contributed by atoms with E-state index >= 15 is 0 Å². The van der Waals surface area contributed by atoms with Gasteiger partial charge in [-0.05, 0) is 61.4 Å². The number of rotatable bonds is 9. The number of thiazole rings is 1. The second-order valence-corrected chi connectivity index (χ2v) is 10.3. The molecule has 2 heterocycles. The summed E-state index contributed by atoms with van der Waals surface area (Å²) in [4.78, 5) is 32.2. The molecule has 0 saturated carbocycles. The van der Waals surface area contributed by atoms with Crippen molar-refractivity contribution in [2.24, 2.45) is 4.99 Å². The summed E-state index contributed by atoms with van der Waals surface area (Å²) in [6.45, 7) is 4.14. The molecule has 0 radical (unpaired) electrons. The summed E-state index contributed by atoms with van der Waals surface area (Å²) < 4.78 is 24.4. The molecular weight excluding hydrogens is 540 g/mol. The topological polar surface area (TPSA) is 88.4 Å². The highest BCUT2D eigenvalue weighted by Crippen LogP contribution is 2.37. The highest BCUT2D eigenvalue weighted by Gasteiger charge is 2.35. The Kier molecular flexibility index (Phi) is 8.35. The monoisotopic (exact) mass is 570 g/mol. The molecule has 4 aromatic rings. The van der Waals surface area contributed by atoms with Crippen LogP contribution in [0.1, 0.15) is 36.6 Å². The Hall–Kier alpha value is -4.63. The molecule has 41 heavy (non-hydrogen) atoms. The van der Waals surface area contributed by atoms with E-state index in [2.05, 4.69) is 4.99 Å². The van der Waals surface area contributed by atoms with Crippen LogP contribution in [-0.4, -0.2) is 31.4 Å². The number of fused-ring (bicyclic) bond motifs is 1. The van der Waals surface area contributed by atoms with Gasteiger partial charge >= 0.3 is 5.97 Å². The largest absolute Gasteiger partial charge is 0.497 e. The molecule has 1 atom stereocenters. The van der Waals surface area contributed by atoms with Crippen molar-refractivity contribution in [3.63, 3.8) is 0 Å². The second kappa shape index (κ2) is 12.3. The van der Waals surface area contributed by atoms with Crippen LogP contribution in [0.25, 0.3) is 6.08 Å².